The van der Waals surface area contributed by atoms with E-state index in [1.807, 2.05) is 0 Å². The summed E-state index contributed by atoms with van der Waals surface area (Å²) in [4.78, 5) is 0. The Kier molecular flexibility index (Phi) is 4.10. The lowest BCUT2D eigenvalue weighted by Crippen LogP contribution is -2.44. The largest absolute Gasteiger partial charge is 0.328 e. The van der Waals surface area contributed by atoms with E-state index in [0.29, 0.717) is 0 Å². The molecular weight excluding hydrogens is 236 g/mol. The summed E-state index contributed by atoms with van der Waals surface area (Å²) in [7, 11) is -1.30. The molecule has 2 rings (SSSR count). The highest BCUT2D eigenvalue weighted by molar-refractivity contribution is 7.89. The van der Waals surface area contributed by atoms with E-state index in [9.17, 15) is 8.42 Å². The minimum atomic E-state index is -3.06. The fourth-order valence-electron chi connectivity index (χ4n) is 3.09. The topological polar surface area (TPSA) is 63.4 Å². The molecule has 100 valence electrons. The van der Waals surface area contributed by atoms with E-state index in [4.69, 9.17) is 5.73 Å². The van der Waals surface area contributed by atoms with Gasteiger partial charge in [0.15, 0.2) is 0 Å². The quantitative estimate of drug-likeness (QED) is 0.835. The average Bonchev–Trinajstić information content (AvgIpc) is 2.83. The van der Waals surface area contributed by atoms with Crippen LogP contribution in [0.5, 0.6) is 0 Å². The summed E-state index contributed by atoms with van der Waals surface area (Å²) >= 11 is 0. The van der Waals surface area contributed by atoms with Crippen molar-refractivity contribution in [1.82, 2.24) is 4.31 Å². The Bertz CT molecular complexity index is 342. The van der Waals surface area contributed by atoms with Crippen LogP contribution in [-0.4, -0.2) is 37.1 Å². The van der Waals surface area contributed by atoms with Crippen molar-refractivity contribution in [1.29, 1.82) is 0 Å². The normalized spacial score (nSPS) is 32.2. The molecule has 5 heteroatoms. The zero-order valence-corrected chi connectivity index (χ0v) is 11.5. The Hall–Kier alpha value is -0.130. The van der Waals surface area contributed by atoms with E-state index >= 15 is 0 Å². The van der Waals surface area contributed by atoms with Gasteiger partial charge in [-0.05, 0) is 38.5 Å². The van der Waals surface area contributed by atoms with Crippen LogP contribution in [0.15, 0.2) is 0 Å². The first kappa shape index (κ1) is 13.3. The van der Waals surface area contributed by atoms with Crippen LogP contribution in [-0.2, 0) is 10.0 Å². The third kappa shape index (κ3) is 2.83. The predicted molar refractivity (Wildman–Crippen MR) is 69.2 cm³/mol. The highest BCUT2D eigenvalue weighted by Gasteiger charge is 2.36. The first-order valence-electron chi connectivity index (χ1n) is 6.74. The lowest BCUT2D eigenvalue weighted by molar-refractivity contribution is 0.266. The van der Waals surface area contributed by atoms with Crippen LogP contribution < -0.4 is 5.73 Å². The van der Waals surface area contributed by atoms with Gasteiger partial charge in [-0.1, -0.05) is 12.8 Å². The molecule has 0 aromatic heterocycles. The molecule has 17 heavy (non-hydrogen) atoms. The maximum atomic E-state index is 12.4. The molecule has 2 saturated carbocycles. The van der Waals surface area contributed by atoms with E-state index in [-0.39, 0.29) is 17.3 Å². The van der Waals surface area contributed by atoms with Gasteiger partial charge in [-0.2, -0.15) is 0 Å². The molecule has 0 amide bonds. The van der Waals surface area contributed by atoms with Crippen LogP contribution in [0.2, 0.25) is 0 Å². The van der Waals surface area contributed by atoms with Crippen LogP contribution >= 0.6 is 0 Å². The second-order valence-corrected chi connectivity index (χ2v) is 7.81. The van der Waals surface area contributed by atoms with Gasteiger partial charge in [-0.3, -0.25) is 0 Å². The zero-order valence-electron chi connectivity index (χ0n) is 10.6. The highest BCUT2D eigenvalue weighted by Crippen LogP contribution is 2.30. The SMILES string of the molecule is CN(C1CCC(N)CC1)S(=O)(=O)C1CCCC1. The first-order chi connectivity index (χ1) is 8.01. The van der Waals surface area contributed by atoms with Crippen molar-refractivity contribution in [3.8, 4) is 0 Å². The summed E-state index contributed by atoms with van der Waals surface area (Å²) in [6.07, 6.45) is 7.57. The molecule has 0 aliphatic heterocycles. The molecule has 0 spiro atoms. The van der Waals surface area contributed by atoms with Crippen LogP contribution in [0.1, 0.15) is 51.4 Å². The third-order valence-corrected chi connectivity index (χ3v) is 6.80. The van der Waals surface area contributed by atoms with Crippen LogP contribution in [0, 0.1) is 0 Å². The Morgan fingerprint density at radius 2 is 1.53 bits per heavy atom. The Morgan fingerprint density at radius 3 is 2.06 bits per heavy atom. The lowest BCUT2D eigenvalue weighted by atomic mass is 9.92. The van der Waals surface area contributed by atoms with E-state index in [1.165, 1.54) is 0 Å². The first-order valence-corrected chi connectivity index (χ1v) is 8.24. The molecule has 0 unspecified atom stereocenters. The van der Waals surface area contributed by atoms with E-state index < -0.39 is 10.0 Å². The Balaban J connectivity index is 2.00. The van der Waals surface area contributed by atoms with E-state index in [1.54, 1.807) is 11.4 Å². The van der Waals surface area contributed by atoms with Crippen LogP contribution in [0.3, 0.4) is 0 Å². The van der Waals surface area contributed by atoms with Crippen molar-refractivity contribution in [2.75, 3.05) is 7.05 Å². The van der Waals surface area contributed by atoms with Gasteiger partial charge in [0.2, 0.25) is 10.0 Å². The van der Waals surface area contributed by atoms with Gasteiger partial charge in [0.1, 0.15) is 0 Å². The second kappa shape index (κ2) is 5.24. The molecule has 2 fully saturated rings. The molecule has 0 aromatic rings. The molecule has 4 nitrogen and oxygen atoms in total. The van der Waals surface area contributed by atoms with Crippen molar-refractivity contribution in [2.45, 2.75) is 68.7 Å². The number of nitrogens with two attached hydrogens (primary N) is 1. The molecule has 0 saturated heterocycles. The smallest absolute Gasteiger partial charge is 0.216 e. The molecule has 0 bridgehead atoms. The maximum Gasteiger partial charge on any atom is 0.216 e. The minimum Gasteiger partial charge on any atom is -0.328 e. The van der Waals surface area contributed by atoms with Gasteiger partial charge in [0.05, 0.1) is 5.25 Å². The van der Waals surface area contributed by atoms with Crippen LogP contribution in [0.4, 0.5) is 0 Å². The van der Waals surface area contributed by atoms with Crippen molar-refractivity contribution in [3.63, 3.8) is 0 Å². The van der Waals surface area contributed by atoms with Gasteiger partial charge in [-0.25, -0.2) is 12.7 Å². The van der Waals surface area contributed by atoms with E-state index in [0.717, 1.165) is 51.4 Å². The van der Waals surface area contributed by atoms with E-state index in [2.05, 4.69) is 0 Å². The maximum absolute atomic E-state index is 12.4. The summed E-state index contributed by atoms with van der Waals surface area (Å²) < 4.78 is 26.5. The van der Waals surface area contributed by atoms with Crippen molar-refractivity contribution in [3.05, 3.63) is 0 Å². The molecule has 2 aliphatic carbocycles. The zero-order chi connectivity index (χ0) is 12.5. The number of hydrogen-bond donors (Lipinski definition) is 1. The molecule has 2 N–H and O–H groups in total. The van der Waals surface area contributed by atoms with Gasteiger partial charge in [0, 0.05) is 19.1 Å². The molecule has 0 atom stereocenters. The number of sulfonamides is 1. The van der Waals surface area contributed by atoms with Gasteiger partial charge in [-0.15, -0.1) is 0 Å². The summed E-state index contributed by atoms with van der Waals surface area (Å²) in [5.74, 6) is 0. The van der Waals surface area contributed by atoms with Crippen molar-refractivity contribution < 1.29 is 8.42 Å². The molecule has 0 radical (unpaired) electrons. The average molecular weight is 260 g/mol. The fraction of sp³-hybridized carbons (Fsp3) is 1.00. The Morgan fingerprint density at radius 1 is 1.00 bits per heavy atom. The number of nitrogens with zero attached hydrogens (tertiary/aromatic N) is 1. The van der Waals surface area contributed by atoms with Gasteiger partial charge >= 0.3 is 0 Å². The number of rotatable bonds is 3. The second-order valence-electron chi connectivity index (χ2n) is 5.54. The fourth-order valence-corrected chi connectivity index (χ4v) is 5.12. The molecule has 0 aromatic carbocycles. The minimum absolute atomic E-state index is 0.122. The lowest BCUT2D eigenvalue weighted by Gasteiger charge is -2.34. The van der Waals surface area contributed by atoms with Gasteiger partial charge in [0.25, 0.3) is 0 Å². The van der Waals surface area contributed by atoms with Crippen LogP contribution in [0.25, 0.3) is 0 Å². The molecule has 2 aliphatic rings. The standard InChI is InChI=1S/C12H24N2O2S/c1-14(11-8-6-10(13)7-9-11)17(15,16)12-4-2-3-5-12/h10-12H,2-9,13H2,1H3. The summed E-state index contributed by atoms with van der Waals surface area (Å²) in [5.41, 5.74) is 5.86. The van der Waals surface area contributed by atoms with Gasteiger partial charge < -0.3 is 5.73 Å². The third-order valence-electron chi connectivity index (χ3n) is 4.38. The van der Waals surface area contributed by atoms with Crippen molar-refractivity contribution >= 4 is 10.0 Å². The monoisotopic (exact) mass is 260 g/mol. The Labute approximate surface area is 105 Å². The summed E-state index contributed by atoms with van der Waals surface area (Å²) in [5, 5.41) is -0.122. The molecular formula is C12H24N2O2S. The number of hydrogen-bond acceptors (Lipinski definition) is 3. The summed E-state index contributed by atoms with van der Waals surface area (Å²) in [6, 6.07) is 0.453. The highest BCUT2D eigenvalue weighted by atomic mass is 32.2. The predicted octanol–water partition coefficient (Wildman–Crippen LogP) is 1.46. The van der Waals surface area contributed by atoms with Crippen molar-refractivity contribution in [2.24, 2.45) is 5.73 Å². The summed E-state index contributed by atoms with van der Waals surface area (Å²) in [6.45, 7) is 0. The molecule has 0 heterocycles.